The Morgan fingerprint density at radius 1 is 1.27 bits per heavy atom. The smallest absolute Gasteiger partial charge is 0.0362 e. The number of hydrogen-bond acceptors (Lipinski definition) is 2. The first-order valence-corrected chi connectivity index (χ1v) is 4.25. The lowest BCUT2D eigenvalue weighted by atomic mass is 10.0. The summed E-state index contributed by atoms with van der Waals surface area (Å²) in [6.07, 6.45) is 5.55. The van der Waals surface area contributed by atoms with Crippen molar-refractivity contribution in [1.29, 1.82) is 5.41 Å². The summed E-state index contributed by atoms with van der Waals surface area (Å²) in [5.74, 6) is 0. The predicted molar refractivity (Wildman–Crippen MR) is 47.7 cm³/mol. The fourth-order valence-electron chi connectivity index (χ4n) is 1.52. The zero-order valence-electron chi connectivity index (χ0n) is 7.11. The van der Waals surface area contributed by atoms with Crippen molar-refractivity contribution in [3.63, 3.8) is 0 Å². The van der Waals surface area contributed by atoms with Gasteiger partial charge < -0.3 is 11.1 Å². The maximum atomic E-state index is 7.68. The largest absolute Gasteiger partial charge is 0.402 e. The standard InChI is InChI=1S/C9H16N2/c1-7(10)8-5-3-2-4-6-9(8)11/h11H,2-6,10H2,1H3/b8-7-,11-9?. The second-order valence-corrected chi connectivity index (χ2v) is 3.20. The molecule has 0 aromatic heterocycles. The van der Waals surface area contributed by atoms with Crippen molar-refractivity contribution in [2.75, 3.05) is 0 Å². The first-order valence-electron chi connectivity index (χ1n) is 4.25. The van der Waals surface area contributed by atoms with Crippen LogP contribution in [0.3, 0.4) is 0 Å². The quantitative estimate of drug-likeness (QED) is 0.514. The highest BCUT2D eigenvalue weighted by molar-refractivity contribution is 5.98. The number of hydrogen-bond donors (Lipinski definition) is 2. The van der Waals surface area contributed by atoms with Crippen molar-refractivity contribution in [2.45, 2.75) is 39.0 Å². The molecule has 2 nitrogen and oxygen atoms in total. The van der Waals surface area contributed by atoms with Gasteiger partial charge >= 0.3 is 0 Å². The van der Waals surface area contributed by atoms with Crippen LogP contribution >= 0.6 is 0 Å². The van der Waals surface area contributed by atoms with E-state index in [-0.39, 0.29) is 0 Å². The van der Waals surface area contributed by atoms with Gasteiger partial charge in [0.15, 0.2) is 0 Å². The van der Waals surface area contributed by atoms with Crippen LogP contribution in [-0.2, 0) is 0 Å². The molecule has 3 N–H and O–H groups in total. The summed E-state index contributed by atoms with van der Waals surface area (Å²) >= 11 is 0. The van der Waals surface area contributed by atoms with E-state index in [1.54, 1.807) is 0 Å². The summed E-state index contributed by atoms with van der Waals surface area (Å²) in [7, 11) is 0. The van der Waals surface area contributed by atoms with Crippen LogP contribution in [0, 0.1) is 5.41 Å². The third-order valence-electron chi connectivity index (χ3n) is 2.19. The highest BCUT2D eigenvalue weighted by Crippen LogP contribution is 2.20. The fourth-order valence-corrected chi connectivity index (χ4v) is 1.52. The third kappa shape index (κ3) is 2.07. The molecule has 1 aliphatic rings. The lowest BCUT2D eigenvalue weighted by Gasteiger charge is -2.05. The van der Waals surface area contributed by atoms with Crippen molar-refractivity contribution < 1.29 is 0 Å². The molecule has 0 aromatic carbocycles. The molecule has 62 valence electrons. The summed E-state index contributed by atoms with van der Waals surface area (Å²) in [4.78, 5) is 0. The molecular formula is C9H16N2. The first kappa shape index (κ1) is 8.31. The number of rotatable bonds is 0. The molecule has 0 aliphatic heterocycles. The lowest BCUT2D eigenvalue weighted by molar-refractivity contribution is 0.722. The summed E-state index contributed by atoms with van der Waals surface area (Å²) < 4.78 is 0. The average molecular weight is 152 g/mol. The minimum Gasteiger partial charge on any atom is -0.402 e. The van der Waals surface area contributed by atoms with Crippen LogP contribution in [0.2, 0.25) is 0 Å². The van der Waals surface area contributed by atoms with Crippen LogP contribution in [0.5, 0.6) is 0 Å². The normalized spacial score (nSPS) is 24.6. The second-order valence-electron chi connectivity index (χ2n) is 3.20. The van der Waals surface area contributed by atoms with Crippen LogP contribution in [-0.4, -0.2) is 5.71 Å². The molecule has 11 heavy (non-hydrogen) atoms. The van der Waals surface area contributed by atoms with Crippen LogP contribution in [0.4, 0.5) is 0 Å². The zero-order valence-corrected chi connectivity index (χ0v) is 7.11. The predicted octanol–water partition coefficient (Wildman–Crippen LogP) is 2.20. The van der Waals surface area contributed by atoms with Crippen LogP contribution in [0.15, 0.2) is 11.3 Å². The lowest BCUT2D eigenvalue weighted by Crippen LogP contribution is -2.06. The average Bonchev–Trinajstić information content (AvgIpc) is 2.13. The minimum atomic E-state index is 0.766. The van der Waals surface area contributed by atoms with Crippen molar-refractivity contribution in [1.82, 2.24) is 0 Å². The molecule has 0 spiro atoms. The van der Waals surface area contributed by atoms with Crippen molar-refractivity contribution in [3.05, 3.63) is 11.3 Å². The molecule has 1 fully saturated rings. The number of allylic oxidation sites excluding steroid dienone is 2. The van der Waals surface area contributed by atoms with Crippen molar-refractivity contribution in [3.8, 4) is 0 Å². The van der Waals surface area contributed by atoms with Gasteiger partial charge in [-0.1, -0.05) is 6.42 Å². The molecule has 0 radical (unpaired) electrons. The molecule has 0 aromatic rings. The maximum absolute atomic E-state index is 7.68. The summed E-state index contributed by atoms with van der Waals surface area (Å²) in [5, 5.41) is 7.68. The van der Waals surface area contributed by atoms with Gasteiger partial charge in [0, 0.05) is 11.4 Å². The fraction of sp³-hybridized carbons (Fsp3) is 0.667. The molecule has 0 atom stereocenters. The van der Waals surface area contributed by atoms with Gasteiger partial charge in [-0.05, 0) is 38.2 Å². The van der Waals surface area contributed by atoms with Gasteiger partial charge in [0.05, 0.1) is 0 Å². The summed E-state index contributed by atoms with van der Waals surface area (Å²) in [6.45, 7) is 1.90. The molecule has 1 aliphatic carbocycles. The molecule has 0 bridgehead atoms. The van der Waals surface area contributed by atoms with E-state index in [0.717, 1.165) is 36.2 Å². The van der Waals surface area contributed by atoms with E-state index in [1.807, 2.05) is 6.92 Å². The Kier molecular flexibility index (Phi) is 2.69. The van der Waals surface area contributed by atoms with Crippen LogP contribution in [0.1, 0.15) is 39.0 Å². The minimum absolute atomic E-state index is 0.766. The molecule has 2 heteroatoms. The number of nitrogens with two attached hydrogens (primary N) is 1. The van der Waals surface area contributed by atoms with E-state index in [2.05, 4.69) is 0 Å². The molecule has 0 amide bonds. The van der Waals surface area contributed by atoms with E-state index in [4.69, 9.17) is 11.1 Å². The van der Waals surface area contributed by atoms with Crippen molar-refractivity contribution >= 4 is 5.71 Å². The molecule has 0 unspecified atom stereocenters. The van der Waals surface area contributed by atoms with Gasteiger partial charge in [0.25, 0.3) is 0 Å². The SMILES string of the molecule is C/C(N)=C1\CCCCCC1=N. The Bertz CT molecular complexity index is 188. The Hall–Kier alpha value is -0.790. The highest BCUT2D eigenvalue weighted by atomic mass is 14.6. The van der Waals surface area contributed by atoms with Gasteiger partial charge in [-0.3, -0.25) is 0 Å². The van der Waals surface area contributed by atoms with Gasteiger partial charge in [-0.15, -0.1) is 0 Å². The Labute approximate surface area is 68.0 Å². The van der Waals surface area contributed by atoms with E-state index < -0.39 is 0 Å². The second kappa shape index (κ2) is 3.56. The molecule has 0 heterocycles. The maximum Gasteiger partial charge on any atom is 0.0362 e. The van der Waals surface area contributed by atoms with E-state index in [0.29, 0.717) is 0 Å². The van der Waals surface area contributed by atoms with Gasteiger partial charge in [0.2, 0.25) is 0 Å². The molecule has 1 saturated carbocycles. The third-order valence-corrected chi connectivity index (χ3v) is 2.19. The van der Waals surface area contributed by atoms with Gasteiger partial charge in [-0.2, -0.15) is 0 Å². The highest BCUT2D eigenvalue weighted by Gasteiger charge is 2.10. The van der Waals surface area contributed by atoms with E-state index in [1.165, 1.54) is 12.8 Å². The van der Waals surface area contributed by atoms with E-state index in [9.17, 15) is 0 Å². The van der Waals surface area contributed by atoms with Crippen molar-refractivity contribution in [2.24, 2.45) is 5.73 Å². The van der Waals surface area contributed by atoms with Crippen LogP contribution in [0.25, 0.3) is 0 Å². The monoisotopic (exact) mass is 152 g/mol. The Balaban J connectivity index is 2.76. The molecule has 0 saturated heterocycles. The first-order chi connectivity index (χ1) is 5.22. The zero-order chi connectivity index (χ0) is 8.27. The topological polar surface area (TPSA) is 49.9 Å². The summed E-state index contributed by atoms with van der Waals surface area (Å²) in [6, 6.07) is 0. The van der Waals surface area contributed by atoms with E-state index >= 15 is 0 Å². The number of nitrogens with one attached hydrogen (secondary N) is 1. The Morgan fingerprint density at radius 2 is 1.91 bits per heavy atom. The Morgan fingerprint density at radius 3 is 2.55 bits per heavy atom. The van der Waals surface area contributed by atoms with Gasteiger partial charge in [-0.25, -0.2) is 0 Å². The molecule has 1 rings (SSSR count). The van der Waals surface area contributed by atoms with Crippen LogP contribution < -0.4 is 5.73 Å². The van der Waals surface area contributed by atoms with Gasteiger partial charge in [0.1, 0.15) is 0 Å². The summed E-state index contributed by atoms with van der Waals surface area (Å²) in [5.41, 5.74) is 8.38. The molecular weight excluding hydrogens is 136 g/mol.